The minimum Gasteiger partial charge on any atom is -0.468 e. The number of carbonyl (C=O) groups excluding carboxylic acids is 1. The number of amides is 1. The van der Waals surface area contributed by atoms with Crippen LogP contribution in [0.1, 0.15) is 17.7 Å². The highest BCUT2D eigenvalue weighted by molar-refractivity contribution is 5.79. The predicted octanol–water partition coefficient (Wildman–Crippen LogP) is 1.19. The number of hydrogen-bond donors (Lipinski definition) is 2. The van der Waals surface area contributed by atoms with E-state index in [0.29, 0.717) is 39.3 Å². The molecule has 2 aliphatic rings. The Bertz CT molecular complexity index is 777. The van der Waals surface area contributed by atoms with Crippen LogP contribution in [0.5, 0.6) is 0 Å². The third kappa shape index (κ3) is 4.70. The zero-order chi connectivity index (χ0) is 20.1. The molecule has 0 unspecified atom stereocenters. The van der Waals surface area contributed by atoms with Gasteiger partial charge in [0.2, 0.25) is 5.91 Å². The van der Waals surface area contributed by atoms with Gasteiger partial charge in [-0.05, 0) is 24.1 Å². The maximum Gasteiger partial charge on any atom is 0.234 e. The van der Waals surface area contributed by atoms with Gasteiger partial charge in [0, 0.05) is 26.2 Å². The van der Waals surface area contributed by atoms with Gasteiger partial charge in [0.15, 0.2) is 0 Å². The third-order valence-electron chi connectivity index (χ3n) is 5.90. The smallest absolute Gasteiger partial charge is 0.234 e. The van der Waals surface area contributed by atoms with E-state index in [-0.39, 0.29) is 5.91 Å². The van der Waals surface area contributed by atoms with Crippen LogP contribution < -0.4 is 5.32 Å². The number of aliphatic hydroxyl groups excluding tert-OH is 1. The average Bonchev–Trinajstić information content (AvgIpc) is 3.24. The number of likely N-dealkylation sites (tertiary alicyclic amines) is 1. The number of furan rings is 1. The van der Waals surface area contributed by atoms with Gasteiger partial charge >= 0.3 is 0 Å². The molecule has 1 aromatic carbocycles. The van der Waals surface area contributed by atoms with Gasteiger partial charge in [0.05, 0.1) is 44.2 Å². The van der Waals surface area contributed by atoms with Crippen LogP contribution in [0.15, 0.2) is 53.1 Å². The average molecular weight is 399 g/mol. The van der Waals surface area contributed by atoms with Crippen LogP contribution in [0.2, 0.25) is 0 Å². The van der Waals surface area contributed by atoms with Gasteiger partial charge in [-0.25, -0.2) is 0 Å². The second-order valence-corrected chi connectivity index (χ2v) is 7.85. The van der Waals surface area contributed by atoms with Gasteiger partial charge < -0.3 is 19.6 Å². The van der Waals surface area contributed by atoms with E-state index in [4.69, 9.17) is 9.15 Å². The lowest BCUT2D eigenvalue weighted by atomic mass is 9.78. The van der Waals surface area contributed by atoms with Gasteiger partial charge in [-0.15, -0.1) is 0 Å². The first-order valence-corrected chi connectivity index (χ1v) is 10.3. The summed E-state index contributed by atoms with van der Waals surface area (Å²) in [6, 6.07) is 13.6. The summed E-state index contributed by atoms with van der Waals surface area (Å²) in [5, 5.41) is 14.4. The molecule has 0 saturated carbocycles. The van der Waals surface area contributed by atoms with Gasteiger partial charge in [-0.3, -0.25) is 14.6 Å². The number of nitrogens with zero attached hydrogens (tertiary/aromatic N) is 2. The summed E-state index contributed by atoms with van der Waals surface area (Å²) in [6.07, 6.45) is 1.58. The van der Waals surface area contributed by atoms with Crippen LogP contribution in [0.25, 0.3) is 0 Å². The Morgan fingerprint density at radius 1 is 1.10 bits per heavy atom. The predicted molar refractivity (Wildman–Crippen MR) is 108 cm³/mol. The molecule has 156 valence electrons. The molecule has 0 bridgehead atoms. The fourth-order valence-corrected chi connectivity index (χ4v) is 4.30. The quantitative estimate of drug-likeness (QED) is 0.760. The van der Waals surface area contributed by atoms with E-state index in [9.17, 15) is 9.90 Å². The second-order valence-electron chi connectivity index (χ2n) is 7.85. The maximum atomic E-state index is 12.9. The van der Waals surface area contributed by atoms with E-state index in [1.165, 1.54) is 0 Å². The molecular formula is C22H29N3O4. The number of morpholine rings is 1. The largest absolute Gasteiger partial charge is 0.468 e. The fraction of sp³-hybridized carbons (Fsp3) is 0.500. The molecule has 0 aliphatic carbocycles. The summed E-state index contributed by atoms with van der Waals surface area (Å²) >= 11 is 0. The molecule has 0 spiro atoms. The molecule has 7 heteroatoms. The molecule has 1 amide bonds. The molecule has 2 fully saturated rings. The van der Waals surface area contributed by atoms with Crippen LogP contribution in [0.3, 0.4) is 0 Å². The SMILES string of the molecule is O=C(CN1CCOCC1)N[C@@]1(c2ccccc2)CCN(Cc2ccco2)C[C@H]1O. The minimum atomic E-state index is -0.787. The van der Waals surface area contributed by atoms with Gasteiger partial charge in [0.1, 0.15) is 5.76 Å². The Morgan fingerprint density at radius 3 is 2.59 bits per heavy atom. The number of β-amino-alcohol motifs (C(OH)–C–C–N with tert-alkyl or cyclic N) is 1. The molecule has 2 aliphatic heterocycles. The summed E-state index contributed by atoms with van der Waals surface area (Å²) in [7, 11) is 0. The molecule has 2 aromatic rings. The molecule has 0 radical (unpaired) electrons. The van der Waals surface area contributed by atoms with Gasteiger partial charge in [-0.2, -0.15) is 0 Å². The molecule has 2 saturated heterocycles. The summed E-state index contributed by atoms with van der Waals surface area (Å²) in [4.78, 5) is 17.2. The van der Waals surface area contributed by atoms with Crippen molar-refractivity contribution in [1.82, 2.24) is 15.1 Å². The van der Waals surface area contributed by atoms with Crippen LogP contribution in [0, 0.1) is 0 Å². The lowest BCUT2D eigenvalue weighted by Gasteiger charge is -2.46. The number of ether oxygens (including phenoxy) is 1. The van der Waals surface area contributed by atoms with Gasteiger partial charge in [0.25, 0.3) is 0 Å². The molecule has 2 atom stereocenters. The van der Waals surface area contributed by atoms with Gasteiger partial charge in [-0.1, -0.05) is 30.3 Å². The lowest BCUT2D eigenvalue weighted by Crippen LogP contribution is -2.62. The van der Waals surface area contributed by atoms with Crippen LogP contribution in [-0.2, 0) is 21.6 Å². The van der Waals surface area contributed by atoms with Crippen molar-refractivity contribution in [2.24, 2.45) is 0 Å². The molecule has 1 aromatic heterocycles. The Morgan fingerprint density at radius 2 is 1.90 bits per heavy atom. The Labute approximate surface area is 171 Å². The monoisotopic (exact) mass is 399 g/mol. The number of carbonyl (C=O) groups is 1. The van der Waals surface area contributed by atoms with Crippen molar-refractivity contribution in [3.05, 3.63) is 60.1 Å². The van der Waals surface area contributed by atoms with Crippen LogP contribution in [-0.4, -0.2) is 72.9 Å². The highest BCUT2D eigenvalue weighted by Crippen LogP contribution is 2.34. The standard InChI is InChI=1S/C22H29N3O4/c26-20-16-25(15-19-7-4-12-29-19)9-8-22(20,18-5-2-1-3-6-18)23-21(27)17-24-10-13-28-14-11-24/h1-7,12,20,26H,8-11,13-17H2,(H,23,27)/t20-,22-/m1/s1. The van der Waals surface area contributed by atoms with E-state index in [0.717, 1.165) is 31.0 Å². The molecule has 29 heavy (non-hydrogen) atoms. The van der Waals surface area contributed by atoms with Crippen molar-refractivity contribution in [1.29, 1.82) is 0 Å². The number of rotatable bonds is 6. The van der Waals surface area contributed by atoms with Crippen molar-refractivity contribution < 1.29 is 19.1 Å². The van der Waals surface area contributed by atoms with E-state index in [1.54, 1.807) is 6.26 Å². The fourth-order valence-electron chi connectivity index (χ4n) is 4.30. The first-order valence-electron chi connectivity index (χ1n) is 10.3. The number of aliphatic hydroxyl groups is 1. The van der Waals surface area contributed by atoms with Crippen molar-refractivity contribution in [3.8, 4) is 0 Å². The normalized spacial score (nSPS) is 26.3. The molecule has 7 nitrogen and oxygen atoms in total. The third-order valence-corrected chi connectivity index (χ3v) is 5.90. The van der Waals surface area contributed by atoms with Crippen molar-refractivity contribution in [2.45, 2.75) is 24.6 Å². The van der Waals surface area contributed by atoms with Crippen LogP contribution >= 0.6 is 0 Å². The van der Waals surface area contributed by atoms with E-state index in [1.807, 2.05) is 42.5 Å². The van der Waals surface area contributed by atoms with Crippen molar-refractivity contribution in [2.75, 3.05) is 45.9 Å². The van der Waals surface area contributed by atoms with Crippen molar-refractivity contribution in [3.63, 3.8) is 0 Å². The Hall–Kier alpha value is -2.19. The zero-order valence-corrected chi connectivity index (χ0v) is 16.6. The van der Waals surface area contributed by atoms with Crippen molar-refractivity contribution >= 4 is 5.91 Å². The highest BCUT2D eigenvalue weighted by Gasteiger charge is 2.45. The summed E-state index contributed by atoms with van der Waals surface area (Å²) < 4.78 is 10.8. The summed E-state index contributed by atoms with van der Waals surface area (Å²) in [5.74, 6) is 0.815. The van der Waals surface area contributed by atoms with E-state index >= 15 is 0 Å². The zero-order valence-electron chi connectivity index (χ0n) is 16.6. The molecular weight excluding hydrogens is 370 g/mol. The molecule has 2 N–H and O–H groups in total. The Kier molecular flexibility index (Phi) is 6.30. The Balaban J connectivity index is 1.48. The second kappa shape index (κ2) is 9.09. The van der Waals surface area contributed by atoms with Crippen LogP contribution in [0.4, 0.5) is 0 Å². The first kappa shape index (κ1) is 20.1. The van der Waals surface area contributed by atoms with E-state index < -0.39 is 11.6 Å². The number of nitrogens with one attached hydrogen (secondary N) is 1. The number of hydrogen-bond acceptors (Lipinski definition) is 6. The summed E-state index contributed by atoms with van der Waals surface area (Å²) in [6.45, 7) is 5.01. The van der Waals surface area contributed by atoms with E-state index in [2.05, 4.69) is 15.1 Å². The highest BCUT2D eigenvalue weighted by atomic mass is 16.5. The first-order chi connectivity index (χ1) is 14.2. The molecule has 3 heterocycles. The topological polar surface area (TPSA) is 78.2 Å². The molecule has 4 rings (SSSR count). The minimum absolute atomic E-state index is 0.0608. The number of piperidine rings is 1. The lowest BCUT2D eigenvalue weighted by molar-refractivity contribution is -0.129. The number of benzene rings is 1. The maximum absolute atomic E-state index is 12.9. The summed E-state index contributed by atoms with van der Waals surface area (Å²) in [5.41, 5.74) is 0.157.